The maximum Gasteiger partial charge on any atom is 0.0426 e. The molecule has 1 aromatic carbocycles. The third-order valence-electron chi connectivity index (χ3n) is 3.35. The van der Waals surface area contributed by atoms with Crippen molar-refractivity contribution < 1.29 is 0 Å². The monoisotopic (exact) mass is 301 g/mol. The number of rotatable bonds is 3. The van der Waals surface area contributed by atoms with Crippen LogP contribution in [0.25, 0.3) is 0 Å². The van der Waals surface area contributed by atoms with Crippen LogP contribution in [0, 0.1) is 0 Å². The number of benzene rings is 1. The molecular weight excluding hydrogens is 286 g/mol. The second-order valence-electron chi connectivity index (χ2n) is 4.30. The fourth-order valence-corrected chi connectivity index (χ4v) is 3.14. The lowest BCUT2D eigenvalue weighted by atomic mass is 10.1. The van der Waals surface area contributed by atoms with Crippen molar-refractivity contribution >= 4 is 33.2 Å². The molecule has 0 radical (unpaired) electrons. The lowest BCUT2D eigenvalue weighted by Gasteiger charge is -2.28. The van der Waals surface area contributed by atoms with E-state index < -0.39 is 0 Å². The average molecular weight is 303 g/mol. The minimum atomic E-state index is 0.691. The highest BCUT2D eigenvalue weighted by molar-refractivity contribution is 9.08. The zero-order valence-corrected chi connectivity index (χ0v) is 11.9. The van der Waals surface area contributed by atoms with Crippen LogP contribution in [0.5, 0.6) is 0 Å². The van der Waals surface area contributed by atoms with Gasteiger partial charge in [0.15, 0.2) is 0 Å². The molecule has 0 bridgehead atoms. The Bertz CT molecular complexity index is 367. The summed E-state index contributed by atoms with van der Waals surface area (Å²) in [5.41, 5.74) is 2.65. The van der Waals surface area contributed by atoms with Gasteiger partial charge in [0.1, 0.15) is 0 Å². The maximum absolute atomic E-state index is 6.10. The van der Waals surface area contributed by atoms with Gasteiger partial charge in [0.05, 0.1) is 0 Å². The minimum Gasteiger partial charge on any atom is -0.368 e. The molecule has 1 saturated heterocycles. The number of hydrogen-bond donors (Lipinski definition) is 0. The fraction of sp³-hybridized carbons (Fsp3) is 0.538. The van der Waals surface area contributed by atoms with E-state index in [0.29, 0.717) is 6.04 Å². The third-order valence-corrected chi connectivity index (χ3v) is 4.19. The van der Waals surface area contributed by atoms with E-state index in [-0.39, 0.29) is 0 Å². The van der Waals surface area contributed by atoms with Crippen molar-refractivity contribution in [1.82, 2.24) is 0 Å². The lowest BCUT2D eigenvalue weighted by Crippen LogP contribution is -2.29. The molecule has 1 aliphatic rings. The van der Waals surface area contributed by atoms with Gasteiger partial charge >= 0.3 is 0 Å². The molecule has 1 aliphatic heterocycles. The first-order valence-electron chi connectivity index (χ1n) is 5.87. The Balaban J connectivity index is 2.34. The molecule has 0 aromatic heterocycles. The molecule has 0 saturated carbocycles. The first kappa shape index (κ1) is 12.3. The van der Waals surface area contributed by atoms with E-state index in [1.165, 1.54) is 37.1 Å². The Morgan fingerprint density at radius 2 is 2.31 bits per heavy atom. The van der Waals surface area contributed by atoms with E-state index in [1.54, 1.807) is 0 Å². The van der Waals surface area contributed by atoms with E-state index in [2.05, 4.69) is 39.9 Å². The van der Waals surface area contributed by atoms with Crippen LogP contribution in [0.1, 0.15) is 31.7 Å². The molecule has 1 nitrogen and oxygen atoms in total. The van der Waals surface area contributed by atoms with Gasteiger partial charge in [0, 0.05) is 28.6 Å². The maximum atomic E-state index is 6.10. The van der Waals surface area contributed by atoms with Crippen LogP contribution in [0.3, 0.4) is 0 Å². The summed E-state index contributed by atoms with van der Waals surface area (Å²) in [7, 11) is 0. The molecule has 3 heteroatoms. The van der Waals surface area contributed by atoms with Crippen LogP contribution < -0.4 is 4.90 Å². The third kappa shape index (κ3) is 2.38. The number of alkyl halides is 1. The number of anilines is 1. The van der Waals surface area contributed by atoms with Gasteiger partial charge in [-0.25, -0.2) is 0 Å². The minimum absolute atomic E-state index is 0.691. The molecule has 2 rings (SSSR count). The van der Waals surface area contributed by atoms with Crippen LogP contribution in [0.2, 0.25) is 5.02 Å². The van der Waals surface area contributed by atoms with Crippen LogP contribution in [-0.4, -0.2) is 12.6 Å². The van der Waals surface area contributed by atoms with E-state index in [0.717, 1.165) is 10.4 Å². The van der Waals surface area contributed by atoms with Gasteiger partial charge in [-0.2, -0.15) is 0 Å². The smallest absolute Gasteiger partial charge is 0.0426 e. The van der Waals surface area contributed by atoms with Crippen molar-refractivity contribution in [2.24, 2.45) is 0 Å². The van der Waals surface area contributed by atoms with Gasteiger partial charge < -0.3 is 4.90 Å². The number of halogens is 2. The van der Waals surface area contributed by atoms with Crippen molar-refractivity contribution in [1.29, 1.82) is 0 Å². The van der Waals surface area contributed by atoms with Crippen LogP contribution in [-0.2, 0) is 5.33 Å². The molecular formula is C13H17BrClN. The SMILES string of the molecule is CCC1CCCN1c1cc(Cl)ccc1CBr. The Morgan fingerprint density at radius 3 is 3.00 bits per heavy atom. The summed E-state index contributed by atoms with van der Waals surface area (Å²) in [4.78, 5) is 2.52. The number of hydrogen-bond acceptors (Lipinski definition) is 1. The fourth-order valence-electron chi connectivity index (χ4n) is 2.49. The van der Waals surface area contributed by atoms with E-state index >= 15 is 0 Å². The Labute approximate surface area is 111 Å². The molecule has 0 aliphatic carbocycles. The van der Waals surface area contributed by atoms with Crippen molar-refractivity contribution in [3.05, 3.63) is 28.8 Å². The highest BCUT2D eigenvalue weighted by Crippen LogP contribution is 2.33. The zero-order valence-electron chi connectivity index (χ0n) is 9.55. The highest BCUT2D eigenvalue weighted by Gasteiger charge is 2.24. The molecule has 16 heavy (non-hydrogen) atoms. The molecule has 1 unspecified atom stereocenters. The van der Waals surface area contributed by atoms with Crippen molar-refractivity contribution in [3.63, 3.8) is 0 Å². The Hall–Kier alpha value is -0.210. The predicted molar refractivity (Wildman–Crippen MR) is 74.7 cm³/mol. The van der Waals surface area contributed by atoms with Gasteiger partial charge in [0.2, 0.25) is 0 Å². The second-order valence-corrected chi connectivity index (χ2v) is 5.30. The van der Waals surface area contributed by atoms with Crippen LogP contribution >= 0.6 is 27.5 Å². The van der Waals surface area contributed by atoms with Crippen molar-refractivity contribution in [2.75, 3.05) is 11.4 Å². The largest absolute Gasteiger partial charge is 0.368 e. The van der Waals surface area contributed by atoms with E-state index in [4.69, 9.17) is 11.6 Å². The van der Waals surface area contributed by atoms with Gasteiger partial charge in [-0.3, -0.25) is 0 Å². The Morgan fingerprint density at radius 1 is 1.50 bits per heavy atom. The normalized spacial score (nSPS) is 20.4. The molecule has 0 N–H and O–H groups in total. The summed E-state index contributed by atoms with van der Waals surface area (Å²) in [6.07, 6.45) is 3.83. The molecule has 0 spiro atoms. The zero-order chi connectivity index (χ0) is 11.5. The lowest BCUT2D eigenvalue weighted by molar-refractivity contribution is 0.644. The second kappa shape index (κ2) is 5.42. The topological polar surface area (TPSA) is 3.24 Å². The quantitative estimate of drug-likeness (QED) is 0.737. The molecule has 1 atom stereocenters. The summed E-state index contributed by atoms with van der Waals surface area (Å²) in [5.74, 6) is 0. The molecule has 1 aromatic rings. The van der Waals surface area contributed by atoms with Crippen LogP contribution in [0.15, 0.2) is 18.2 Å². The van der Waals surface area contributed by atoms with E-state index in [9.17, 15) is 0 Å². The summed E-state index contributed by atoms with van der Waals surface area (Å²) >= 11 is 9.65. The van der Waals surface area contributed by atoms with Gasteiger partial charge in [-0.05, 0) is 37.0 Å². The van der Waals surface area contributed by atoms with Gasteiger partial charge in [0.25, 0.3) is 0 Å². The summed E-state index contributed by atoms with van der Waals surface area (Å²) in [5, 5.41) is 1.73. The Kier molecular flexibility index (Phi) is 4.15. The highest BCUT2D eigenvalue weighted by atomic mass is 79.9. The molecule has 0 amide bonds. The molecule has 1 fully saturated rings. The first-order chi connectivity index (χ1) is 7.76. The molecule has 88 valence electrons. The van der Waals surface area contributed by atoms with Crippen molar-refractivity contribution in [3.8, 4) is 0 Å². The predicted octanol–water partition coefficient (Wildman–Crippen LogP) is 4.61. The molecule has 1 heterocycles. The van der Waals surface area contributed by atoms with Gasteiger partial charge in [-0.1, -0.05) is 40.5 Å². The van der Waals surface area contributed by atoms with Crippen molar-refractivity contribution in [2.45, 2.75) is 37.6 Å². The summed E-state index contributed by atoms with van der Waals surface area (Å²) in [6.45, 7) is 3.43. The van der Waals surface area contributed by atoms with Crippen LogP contribution in [0.4, 0.5) is 5.69 Å². The summed E-state index contributed by atoms with van der Waals surface area (Å²) < 4.78 is 0. The standard InChI is InChI=1S/C13H17BrClN/c1-2-12-4-3-7-16(12)13-8-11(15)6-5-10(13)9-14/h5-6,8,12H,2-4,7,9H2,1H3. The average Bonchev–Trinajstić information content (AvgIpc) is 2.76. The van der Waals surface area contributed by atoms with E-state index in [1.807, 2.05) is 6.07 Å². The van der Waals surface area contributed by atoms with Gasteiger partial charge in [-0.15, -0.1) is 0 Å². The first-order valence-corrected chi connectivity index (χ1v) is 7.37. The summed E-state index contributed by atoms with van der Waals surface area (Å²) in [6, 6.07) is 6.89. The number of nitrogens with zero attached hydrogens (tertiary/aromatic N) is 1.